The van der Waals surface area contributed by atoms with Crippen molar-refractivity contribution in [2.24, 2.45) is 11.8 Å². The average Bonchev–Trinajstić information content (AvgIpc) is 3.01. The number of carbonyl (C=O) groups is 1. The zero-order chi connectivity index (χ0) is 16.1. The van der Waals surface area contributed by atoms with Crippen molar-refractivity contribution in [2.75, 3.05) is 39.3 Å². The molecule has 1 heterocycles. The van der Waals surface area contributed by atoms with Crippen LogP contribution in [0.25, 0.3) is 0 Å². The Balaban J connectivity index is 2.05. The van der Waals surface area contributed by atoms with Crippen molar-refractivity contribution >= 4 is 11.7 Å². The molecule has 0 radical (unpaired) electrons. The van der Waals surface area contributed by atoms with Gasteiger partial charge in [0.2, 0.25) is 0 Å². The molecule has 1 aromatic carbocycles. The van der Waals surface area contributed by atoms with E-state index in [1.54, 1.807) is 14.2 Å². The van der Waals surface area contributed by atoms with Crippen LogP contribution in [0.4, 0.5) is 5.69 Å². The molecule has 0 spiro atoms. The van der Waals surface area contributed by atoms with E-state index in [9.17, 15) is 4.79 Å². The summed E-state index contributed by atoms with van der Waals surface area (Å²) in [4.78, 5) is 13.9. The number of hydrogen-bond acceptors (Lipinski definition) is 5. The fourth-order valence-electron chi connectivity index (χ4n) is 3.09. The van der Waals surface area contributed by atoms with E-state index in [0.29, 0.717) is 5.92 Å². The van der Waals surface area contributed by atoms with Crippen LogP contribution < -0.4 is 14.4 Å². The summed E-state index contributed by atoms with van der Waals surface area (Å²) >= 11 is 0. The van der Waals surface area contributed by atoms with Crippen LogP contribution in [-0.2, 0) is 9.53 Å². The molecule has 0 saturated carbocycles. The number of esters is 1. The predicted octanol–water partition coefficient (Wildman–Crippen LogP) is 2.73. The van der Waals surface area contributed by atoms with Crippen molar-refractivity contribution in [1.29, 1.82) is 0 Å². The molecule has 5 nitrogen and oxygen atoms in total. The average molecular weight is 307 g/mol. The predicted molar refractivity (Wildman–Crippen MR) is 85.7 cm³/mol. The highest BCUT2D eigenvalue weighted by Crippen LogP contribution is 2.36. The monoisotopic (exact) mass is 307 g/mol. The van der Waals surface area contributed by atoms with Gasteiger partial charge in [0.15, 0.2) is 0 Å². The second-order valence-corrected chi connectivity index (χ2v) is 5.80. The van der Waals surface area contributed by atoms with Crippen molar-refractivity contribution < 1.29 is 19.0 Å². The molecule has 1 fully saturated rings. The van der Waals surface area contributed by atoms with Crippen LogP contribution in [0.5, 0.6) is 11.5 Å². The highest BCUT2D eigenvalue weighted by molar-refractivity contribution is 5.71. The summed E-state index contributed by atoms with van der Waals surface area (Å²) in [6.45, 7) is 3.81. The number of rotatable bonds is 6. The Bertz CT molecular complexity index is 517. The van der Waals surface area contributed by atoms with Gasteiger partial charge in [0, 0.05) is 19.2 Å². The van der Waals surface area contributed by atoms with Crippen LogP contribution in [0.2, 0.25) is 0 Å². The molecule has 122 valence electrons. The maximum Gasteiger partial charge on any atom is 0.308 e. The zero-order valence-electron chi connectivity index (χ0n) is 13.8. The van der Waals surface area contributed by atoms with Gasteiger partial charge in [0.05, 0.1) is 32.9 Å². The smallest absolute Gasteiger partial charge is 0.308 e. The van der Waals surface area contributed by atoms with Crippen LogP contribution >= 0.6 is 0 Å². The summed E-state index contributed by atoms with van der Waals surface area (Å²) in [7, 11) is 4.79. The Kier molecular flexibility index (Phi) is 5.52. The van der Waals surface area contributed by atoms with Crippen LogP contribution in [0.1, 0.15) is 19.8 Å². The first-order valence-corrected chi connectivity index (χ1v) is 7.63. The number of ether oxygens (including phenoxy) is 3. The number of carbonyl (C=O) groups excluding carboxylic acids is 1. The Morgan fingerprint density at radius 1 is 1.32 bits per heavy atom. The molecular weight excluding hydrogens is 282 g/mol. The van der Waals surface area contributed by atoms with Crippen LogP contribution in [0, 0.1) is 11.8 Å². The summed E-state index contributed by atoms with van der Waals surface area (Å²) in [6, 6.07) is 5.83. The molecular formula is C17H25NO4. The van der Waals surface area contributed by atoms with E-state index in [1.807, 2.05) is 25.1 Å². The summed E-state index contributed by atoms with van der Waals surface area (Å²) in [6.07, 6.45) is 1.93. The highest BCUT2D eigenvalue weighted by atomic mass is 16.5. The topological polar surface area (TPSA) is 48.0 Å². The lowest BCUT2D eigenvalue weighted by molar-refractivity contribution is -0.145. The first-order valence-electron chi connectivity index (χ1n) is 7.63. The van der Waals surface area contributed by atoms with Gasteiger partial charge in [0.1, 0.15) is 11.5 Å². The van der Waals surface area contributed by atoms with E-state index >= 15 is 0 Å². The van der Waals surface area contributed by atoms with Gasteiger partial charge in [-0.3, -0.25) is 4.79 Å². The normalized spacial score (nSPS) is 18.9. The summed E-state index contributed by atoms with van der Waals surface area (Å²) in [5, 5.41) is 0. The molecule has 0 aromatic heterocycles. The first kappa shape index (κ1) is 16.5. The second kappa shape index (κ2) is 7.38. The molecule has 1 saturated heterocycles. The van der Waals surface area contributed by atoms with Crippen molar-refractivity contribution in [3.63, 3.8) is 0 Å². The number of methoxy groups -OCH3 is 3. The molecule has 0 aliphatic carbocycles. The van der Waals surface area contributed by atoms with Gasteiger partial charge < -0.3 is 19.1 Å². The van der Waals surface area contributed by atoms with Crippen molar-refractivity contribution in [3.8, 4) is 11.5 Å². The number of nitrogens with zero attached hydrogens (tertiary/aromatic N) is 1. The summed E-state index contributed by atoms with van der Waals surface area (Å²) in [5.41, 5.74) is 1.05. The van der Waals surface area contributed by atoms with Gasteiger partial charge in [-0.2, -0.15) is 0 Å². The maximum absolute atomic E-state index is 11.6. The van der Waals surface area contributed by atoms with Gasteiger partial charge >= 0.3 is 5.97 Å². The minimum absolute atomic E-state index is 0.0536. The van der Waals surface area contributed by atoms with Gasteiger partial charge in [-0.15, -0.1) is 0 Å². The maximum atomic E-state index is 11.6. The Morgan fingerprint density at radius 2 is 2.09 bits per heavy atom. The molecule has 0 N–H and O–H groups in total. The summed E-state index contributed by atoms with van der Waals surface area (Å²) < 4.78 is 15.6. The molecule has 0 amide bonds. The third-order valence-electron chi connectivity index (χ3n) is 4.30. The molecule has 2 atom stereocenters. The fraction of sp³-hybridized carbons (Fsp3) is 0.588. The first-order chi connectivity index (χ1) is 10.6. The lowest BCUT2D eigenvalue weighted by Gasteiger charge is -2.22. The van der Waals surface area contributed by atoms with Gasteiger partial charge in [0.25, 0.3) is 0 Å². The molecule has 22 heavy (non-hydrogen) atoms. The van der Waals surface area contributed by atoms with Crippen molar-refractivity contribution in [1.82, 2.24) is 0 Å². The fourth-order valence-corrected chi connectivity index (χ4v) is 3.09. The van der Waals surface area contributed by atoms with E-state index in [0.717, 1.165) is 43.1 Å². The van der Waals surface area contributed by atoms with Crippen LogP contribution in [0.15, 0.2) is 18.2 Å². The molecule has 1 aliphatic rings. The molecule has 1 aliphatic heterocycles. The number of anilines is 1. The Morgan fingerprint density at radius 3 is 2.73 bits per heavy atom. The van der Waals surface area contributed by atoms with Gasteiger partial charge in [-0.1, -0.05) is 6.92 Å². The standard InChI is InChI=1S/C17H25NO4/c1-12(17(19)22-4)9-13-7-8-18(11-13)15-10-14(20-2)5-6-16(15)21-3/h5-6,10,12-13H,7-9,11H2,1-4H3. The van der Waals surface area contributed by atoms with E-state index in [-0.39, 0.29) is 11.9 Å². The Hall–Kier alpha value is -1.91. The lowest BCUT2D eigenvalue weighted by atomic mass is 9.95. The van der Waals surface area contributed by atoms with Crippen LogP contribution in [0.3, 0.4) is 0 Å². The van der Waals surface area contributed by atoms with E-state index in [4.69, 9.17) is 14.2 Å². The summed E-state index contributed by atoms with van der Waals surface area (Å²) in [5.74, 6) is 1.98. The van der Waals surface area contributed by atoms with Crippen molar-refractivity contribution in [2.45, 2.75) is 19.8 Å². The second-order valence-electron chi connectivity index (χ2n) is 5.80. The number of benzene rings is 1. The van der Waals surface area contributed by atoms with E-state index in [1.165, 1.54) is 7.11 Å². The SMILES string of the molecule is COC(=O)C(C)CC1CCN(c2cc(OC)ccc2OC)C1. The van der Waals surface area contributed by atoms with Crippen LogP contribution in [-0.4, -0.2) is 40.4 Å². The third-order valence-corrected chi connectivity index (χ3v) is 4.30. The van der Waals surface area contributed by atoms with E-state index < -0.39 is 0 Å². The Labute approximate surface area is 132 Å². The molecule has 2 rings (SSSR count). The molecule has 2 unspecified atom stereocenters. The zero-order valence-corrected chi connectivity index (χ0v) is 13.8. The van der Waals surface area contributed by atoms with Crippen molar-refractivity contribution in [3.05, 3.63) is 18.2 Å². The third kappa shape index (κ3) is 3.64. The van der Waals surface area contributed by atoms with Gasteiger partial charge in [-0.05, 0) is 30.9 Å². The molecule has 1 aromatic rings. The van der Waals surface area contributed by atoms with Gasteiger partial charge in [-0.25, -0.2) is 0 Å². The minimum Gasteiger partial charge on any atom is -0.497 e. The highest BCUT2D eigenvalue weighted by Gasteiger charge is 2.28. The minimum atomic E-state index is -0.127. The quantitative estimate of drug-likeness (QED) is 0.756. The van der Waals surface area contributed by atoms with E-state index in [2.05, 4.69) is 4.90 Å². The largest absolute Gasteiger partial charge is 0.497 e. The molecule has 0 bridgehead atoms. The number of hydrogen-bond donors (Lipinski definition) is 0. The lowest BCUT2D eigenvalue weighted by Crippen LogP contribution is -2.22. The molecule has 5 heteroatoms.